The Balaban J connectivity index is 2.48. The number of ether oxygens (including phenoxy) is 1. The Morgan fingerprint density at radius 1 is 1.33 bits per heavy atom. The van der Waals surface area contributed by atoms with E-state index in [1.165, 1.54) is 0 Å². The molecule has 0 bridgehead atoms. The third kappa shape index (κ3) is 4.62. The van der Waals surface area contributed by atoms with Gasteiger partial charge in [-0.3, -0.25) is 0 Å². The largest absolute Gasteiger partial charge is 0.376 e. The highest BCUT2D eigenvalue weighted by Gasteiger charge is 2.09. The first-order chi connectivity index (χ1) is 7.01. The molecular formula is C13H17NO. The van der Waals surface area contributed by atoms with Gasteiger partial charge in [0.05, 0.1) is 23.8 Å². The molecular weight excluding hydrogens is 186 g/mol. The summed E-state index contributed by atoms with van der Waals surface area (Å²) in [5, 5.41) is 8.74. The quantitative estimate of drug-likeness (QED) is 0.756. The summed E-state index contributed by atoms with van der Waals surface area (Å²) in [5.41, 5.74) is 1.77. The zero-order valence-corrected chi connectivity index (χ0v) is 9.58. The molecule has 2 nitrogen and oxygen atoms in total. The lowest BCUT2D eigenvalue weighted by Crippen LogP contribution is -2.20. The summed E-state index contributed by atoms with van der Waals surface area (Å²) in [6.07, 6.45) is 0.854. The molecule has 15 heavy (non-hydrogen) atoms. The summed E-state index contributed by atoms with van der Waals surface area (Å²) in [6.45, 7) is 6.81. The van der Waals surface area contributed by atoms with E-state index in [1.807, 2.05) is 45.0 Å². The van der Waals surface area contributed by atoms with Crippen LogP contribution in [-0.4, -0.2) is 12.2 Å². The fourth-order valence-electron chi connectivity index (χ4n) is 1.27. The van der Waals surface area contributed by atoms with Crippen LogP contribution in [0.3, 0.4) is 0 Å². The molecule has 0 unspecified atom stereocenters. The molecule has 0 aliphatic heterocycles. The van der Waals surface area contributed by atoms with E-state index in [-0.39, 0.29) is 5.60 Å². The molecule has 80 valence electrons. The highest BCUT2D eigenvalue weighted by Crippen LogP contribution is 2.09. The summed E-state index contributed by atoms with van der Waals surface area (Å²) in [6, 6.07) is 9.78. The first-order valence-corrected chi connectivity index (χ1v) is 5.14. The predicted molar refractivity (Wildman–Crippen MR) is 60.6 cm³/mol. The van der Waals surface area contributed by atoms with E-state index in [1.54, 1.807) is 0 Å². The van der Waals surface area contributed by atoms with Crippen LogP contribution in [0.4, 0.5) is 0 Å². The maximum atomic E-state index is 8.74. The van der Waals surface area contributed by atoms with Gasteiger partial charge in [0, 0.05) is 0 Å². The van der Waals surface area contributed by atoms with Crippen molar-refractivity contribution in [1.29, 1.82) is 5.26 Å². The molecule has 1 aromatic carbocycles. The van der Waals surface area contributed by atoms with Crippen molar-refractivity contribution in [3.05, 3.63) is 35.4 Å². The van der Waals surface area contributed by atoms with Gasteiger partial charge in [-0.25, -0.2) is 0 Å². The van der Waals surface area contributed by atoms with Crippen molar-refractivity contribution in [1.82, 2.24) is 0 Å². The van der Waals surface area contributed by atoms with Crippen molar-refractivity contribution >= 4 is 0 Å². The van der Waals surface area contributed by atoms with Gasteiger partial charge in [-0.2, -0.15) is 5.26 Å². The Hall–Kier alpha value is -1.33. The fourth-order valence-corrected chi connectivity index (χ4v) is 1.27. The standard InChI is InChI=1S/C13H17NO/c1-13(2,3)15-8-7-11-5-4-6-12(9-11)10-14/h4-6,9H,7-8H2,1-3H3. The van der Waals surface area contributed by atoms with Crippen molar-refractivity contribution in [2.45, 2.75) is 32.8 Å². The highest BCUT2D eigenvalue weighted by atomic mass is 16.5. The maximum absolute atomic E-state index is 8.74. The third-order valence-corrected chi connectivity index (χ3v) is 1.98. The van der Waals surface area contributed by atoms with Crippen molar-refractivity contribution in [2.24, 2.45) is 0 Å². The summed E-state index contributed by atoms with van der Waals surface area (Å²) in [5.74, 6) is 0. The van der Waals surface area contributed by atoms with Crippen molar-refractivity contribution in [2.75, 3.05) is 6.61 Å². The average Bonchev–Trinajstić information content (AvgIpc) is 2.16. The molecule has 0 spiro atoms. The fraction of sp³-hybridized carbons (Fsp3) is 0.462. The van der Waals surface area contributed by atoms with Crippen molar-refractivity contribution < 1.29 is 4.74 Å². The second-order valence-corrected chi connectivity index (χ2v) is 4.52. The van der Waals surface area contributed by atoms with Crippen molar-refractivity contribution in [3.63, 3.8) is 0 Å². The molecule has 0 saturated heterocycles. The SMILES string of the molecule is CC(C)(C)OCCc1cccc(C#N)c1. The Morgan fingerprint density at radius 2 is 2.07 bits per heavy atom. The minimum absolute atomic E-state index is 0.0904. The average molecular weight is 203 g/mol. The normalized spacial score (nSPS) is 11.1. The monoisotopic (exact) mass is 203 g/mol. The van der Waals surface area contributed by atoms with Crippen LogP contribution in [0.1, 0.15) is 31.9 Å². The summed E-state index contributed by atoms with van der Waals surface area (Å²) < 4.78 is 5.62. The molecule has 0 atom stereocenters. The summed E-state index contributed by atoms with van der Waals surface area (Å²) >= 11 is 0. The molecule has 2 heteroatoms. The van der Waals surface area contributed by atoms with Crippen LogP contribution in [0.2, 0.25) is 0 Å². The van der Waals surface area contributed by atoms with Gasteiger partial charge >= 0.3 is 0 Å². The van der Waals surface area contributed by atoms with E-state index in [2.05, 4.69) is 6.07 Å². The minimum atomic E-state index is -0.0904. The number of hydrogen-bond acceptors (Lipinski definition) is 2. The number of benzene rings is 1. The molecule has 0 fully saturated rings. The van der Waals surface area contributed by atoms with Crippen LogP contribution in [-0.2, 0) is 11.2 Å². The number of hydrogen-bond donors (Lipinski definition) is 0. The van der Waals surface area contributed by atoms with E-state index < -0.39 is 0 Å². The number of nitriles is 1. The Bertz CT molecular complexity index is 358. The van der Waals surface area contributed by atoms with Gasteiger partial charge in [0.15, 0.2) is 0 Å². The van der Waals surface area contributed by atoms with Crippen LogP contribution < -0.4 is 0 Å². The minimum Gasteiger partial charge on any atom is -0.376 e. The van der Waals surface area contributed by atoms with E-state index in [0.717, 1.165) is 12.0 Å². The van der Waals surface area contributed by atoms with Crippen LogP contribution >= 0.6 is 0 Å². The smallest absolute Gasteiger partial charge is 0.0991 e. The van der Waals surface area contributed by atoms with Gasteiger partial charge in [-0.05, 0) is 44.9 Å². The lowest BCUT2D eigenvalue weighted by atomic mass is 10.1. The second-order valence-electron chi connectivity index (χ2n) is 4.52. The Labute approximate surface area is 91.5 Å². The molecule has 0 amide bonds. The topological polar surface area (TPSA) is 33.0 Å². The van der Waals surface area contributed by atoms with Crippen molar-refractivity contribution in [3.8, 4) is 6.07 Å². The molecule has 0 N–H and O–H groups in total. The first-order valence-electron chi connectivity index (χ1n) is 5.14. The number of nitrogens with zero attached hydrogens (tertiary/aromatic N) is 1. The van der Waals surface area contributed by atoms with Gasteiger partial charge in [-0.1, -0.05) is 12.1 Å². The highest BCUT2D eigenvalue weighted by molar-refractivity contribution is 5.32. The molecule has 1 aromatic rings. The van der Waals surface area contributed by atoms with Gasteiger partial charge in [-0.15, -0.1) is 0 Å². The Morgan fingerprint density at radius 3 is 2.67 bits per heavy atom. The van der Waals surface area contributed by atoms with E-state index in [9.17, 15) is 0 Å². The van der Waals surface area contributed by atoms with Gasteiger partial charge in [0.2, 0.25) is 0 Å². The van der Waals surface area contributed by atoms with Crippen LogP contribution in [0.5, 0.6) is 0 Å². The summed E-state index contributed by atoms with van der Waals surface area (Å²) in [7, 11) is 0. The third-order valence-electron chi connectivity index (χ3n) is 1.98. The predicted octanol–water partition coefficient (Wildman–Crippen LogP) is 2.92. The van der Waals surface area contributed by atoms with E-state index in [0.29, 0.717) is 12.2 Å². The van der Waals surface area contributed by atoms with E-state index in [4.69, 9.17) is 10.00 Å². The lowest BCUT2D eigenvalue weighted by Gasteiger charge is -2.19. The van der Waals surface area contributed by atoms with Gasteiger partial charge in [0.25, 0.3) is 0 Å². The van der Waals surface area contributed by atoms with Gasteiger partial charge in [0.1, 0.15) is 0 Å². The number of rotatable bonds is 3. The van der Waals surface area contributed by atoms with Crippen LogP contribution in [0.15, 0.2) is 24.3 Å². The Kier molecular flexibility index (Phi) is 3.88. The zero-order valence-electron chi connectivity index (χ0n) is 9.58. The second kappa shape index (κ2) is 4.95. The molecule has 1 rings (SSSR count). The van der Waals surface area contributed by atoms with Crippen LogP contribution in [0.25, 0.3) is 0 Å². The van der Waals surface area contributed by atoms with Gasteiger partial charge < -0.3 is 4.74 Å². The first kappa shape index (κ1) is 11.7. The summed E-state index contributed by atoms with van der Waals surface area (Å²) in [4.78, 5) is 0. The molecule has 0 aliphatic carbocycles. The maximum Gasteiger partial charge on any atom is 0.0991 e. The lowest BCUT2D eigenvalue weighted by molar-refractivity contribution is -0.000976. The molecule has 0 heterocycles. The molecule has 0 aliphatic rings. The van der Waals surface area contributed by atoms with Crippen LogP contribution in [0, 0.1) is 11.3 Å². The zero-order chi connectivity index (χ0) is 11.3. The molecule has 0 aromatic heterocycles. The molecule has 0 saturated carbocycles. The molecule has 0 radical (unpaired) electrons. The van der Waals surface area contributed by atoms with E-state index >= 15 is 0 Å².